The van der Waals surface area contributed by atoms with Crippen molar-refractivity contribution in [2.45, 2.75) is 44.6 Å². The second-order valence-electron chi connectivity index (χ2n) is 8.77. The van der Waals surface area contributed by atoms with Gasteiger partial charge in [0.25, 0.3) is 0 Å². The van der Waals surface area contributed by atoms with Crippen molar-refractivity contribution in [2.24, 2.45) is 4.99 Å². The lowest BCUT2D eigenvalue weighted by Crippen LogP contribution is -2.28. The number of fused-ring (bicyclic) bond motifs is 2. The van der Waals surface area contributed by atoms with E-state index in [0.717, 1.165) is 17.1 Å². The van der Waals surface area contributed by atoms with Crippen molar-refractivity contribution in [1.29, 1.82) is 0 Å². The number of nitrogens with one attached hydrogen (secondary N) is 2. The van der Waals surface area contributed by atoms with E-state index in [1.54, 1.807) is 0 Å². The van der Waals surface area contributed by atoms with Crippen molar-refractivity contribution in [3.8, 4) is 0 Å². The number of benzene rings is 2. The minimum absolute atomic E-state index is 0.0225. The molecule has 0 spiro atoms. The van der Waals surface area contributed by atoms with Crippen LogP contribution in [0.2, 0.25) is 0 Å². The maximum absolute atomic E-state index is 4.96. The highest BCUT2D eigenvalue weighted by atomic mass is 15.0. The predicted octanol–water partition coefficient (Wildman–Crippen LogP) is 5.87. The fraction of sp³-hybridized carbons (Fsp3) is 0.292. The molecule has 1 aromatic heterocycles. The minimum atomic E-state index is -0.0969. The molecule has 3 heterocycles. The van der Waals surface area contributed by atoms with Gasteiger partial charge < -0.3 is 10.3 Å². The molecule has 0 fully saturated rings. The smallest absolute Gasteiger partial charge is 0.0755 e. The lowest BCUT2D eigenvalue weighted by atomic mass is 9.79. The van der Waals surface area contributed by atoms with Crippen molar-refractivity contribution < 1.29 is 0 Å². The Hall–Kier alpha value is -2.81. The Balaban J connectivity index is 1.52. The van der Waals surface area contributed by atoms with Gasteiger partial charge in [0.15, 0.2) is 0 Å². The standard InChI is InChI=1S/C24H25N3/c1-23(2)15-9-5-7-11-17(15)26-21(23)19-13-14-20(25-19)22-24(3,4)16-10-6-8-12-18(16)27-22/h5-14,21,25-26H,1-4H3. The molecular weight excluding hydrogens is 330 g/mol. The molecule has 27 heavy (non-hydrogen) atoms. The number of aromatic amines is 1. The van der Waals surface area contributed by atoms with Crippen LogP contribution in [-0.2, 0) is 10.8 Å². The van der Waals surface area contributed by atoms with Crippen LogP contribution < -0.4 is 5.32 Å². The van der Waals surface area contributed by atoms with Crippen LogP contribution >= 0.6 is 0 Å². The first-order valence-corrected chi connectivity index (χ1v) is 9.63. The number of hydrogen-bond acceptors (Lipinski definition) is 2. The lowest BCUT2D eigenvalue weighted by Gasteiger charge is -2.27. The number of para-hydroxylation sites is 2. The van der Waals surface area contributed by atoms with E-state index in [0.29, 0.717) is 0 Å². The molecule has 2 aromatic carbocycles. The number of nitrogens with zero attached hydrogens (tertiary/aromatic N) is 1. The first kappa shape index (κ1) is 16.4. The zero-order chi connectivity index (χ0) is 18.8. The molecule has 0 saturated heterocycles. The van der Waals surface area contributed by atoms with Gasteiger partial charge in [-0.15, -0.1) is 0 Å². The summed E-state index contributed by atoms with van der Waals surface area (Å²) in [5, 5.41) is 3.71. The molecule has 5 rings (SSSR count). The van der Waals surface area contributed by atoms with Gasteiger partial charge in [0.1, 0.15) is 0 Å². The third-order valence-electron chi connectivity index (χ3n) is 6.32. The molecule has 0 amide bonds. The molecule has 2 N–H and O–H groups in total. The van der Waals surface area contributed by atoms with Gasteiger partial charge in [0, 0.05) is 22.2 Å². The molecule has 3 nitrogen and oxygen atoms in total. The van der Waals surface area contributed by atoms with Gasteiger partial charge in [-0.2, -0.15) is 0 Å². The average molecular weight is 355 g/mol. The fourth-order valence-corrected chi connectivity index (χ4v) is 4.73. The van der Waals surface area contributed by atoms with E-state index in [9.17, 15) is 0 Å². The maximum atomic E-state index is 4.96. The van der Waals surface area contributed by atoms with E-state index < -0.39 is 0 Å². The summed E-state index contributed by atoms with van der Waals surface area (Å²) in [6.07, 6.45) is 0. The van der Waals surface area contributed by atoms with Crippen molar-refractivity contribution in [3.05, 3.63) is 83.2 Å². The largest absolute Gasteiger partial charge is 0.376 e. The second-order valence-corrected chi connectivity index (χ2v) is 8.77. The molecule has 2 aliphatic heterocycles. The number of aromatic nitrogens is 1. The summed E-state index contributed by atoms with van der Waals surface area (Å²) < 4.78 is 0. The number of H-pyrrole nitrogens is 1. The van der Waals surface area contributed by atoms with E-state index in [1.165, 1.54) is 22.5 Å². The molecule has 0 aliphatic carbocycles. The topological polar surface area (TPSA) is 40.2 Å². The van der Waals surface area contributed by atoms with Gasteiger partial charge in [-0.25, -0.2) is 0 Å². The van der Waals surface area contributed by atoms with Crippen LogP contribution in [0, 0.1) is 0 Å². The van der Waals surface area contributed by atoms with E-state index in [1.807, 2.05) is 0 Å². The Morgan fingerprint density at radius 3 is 2.26 bits per heavy atom. The van der Waals surface area contributed by atoms with Crippen molar-refractivity contribution in [2.75, 3.05) is 5.32 Å². The van der Waals surface area contributed by atoms with E-state index in [2.05, 4.69) is 98.7 Å². The number of anilines is 1. The summed E-state index contributed by atoms with van der Waals surface area (Å²) in [5.74, 6) is 0. The van der Waals surface area contributed by atoms with Crippen molar-refractivity contribution >= 4 is 17.1 Å². The Morgan fingerprint density at radius 1 is 0.815 bits per heavy atom. The normalized spacial score (nSPS) is 21.3. The fourth-order valence-electron chi connectivity index (χ4n) is 4.73. The molecule has 0 radical (unpaired) electrons. The highest BCUT2D eigenvalue weighted by Gasteiger charge is 2.41. The van der Waals surface area contributed by atoms with Crippen molar-refractivity contribution in [3.63, 3.8) is 0 Å². The van der Waals surface area contributed by atoms with Gasteiger partial charge >= 0.3 is 0 Å². The SMILES string of the molecule is CC1(C)C(c2ccc(C3Nc4ccccc4C3(C)C)[nH]2)=Nc2ccccc21. The molecule has 3 heteroatoms. The van der Waals surface area contributed by atoms with Crippen molar-refractivity contribution in [1.82, 2.24) is 4.98 Å². The number of aliphatic imine (C=N–C) groups is 1. The average Bonchev–Trinajstić information content (AvgIpc) is 3.29. The van der Waals surface area contributed by atoms with E-state index >= 15 is 0 Å². The van der Waals surface area contributed by atoms with Crippen LogP contribution in [0.3, 0.4) is 0 Å². The van der Waals surface area contributed by atoms with Crippen LogP contribution in [0.1, 0.15) is 56.3 Å². The monoisotopic (exact) mass is 355 g/mol. The van der Waals surface area contributed by atoms with Crippen LogP contribution in [0.25, 0.3) is 0 Å². The van der Waals surface area contributed by atoms with Gasteiger partial charge in [-0.1, -0.05) is 50.2 Å². The summed E-state index contributed by atoms with van der Waals surface area (Å²) in [5.41, 5.74) is 8.34. The lowest BCUT2D eigenvalue weighted by molar-refractivity contribution is 0.467. The maximum Gasteiger partial charge on any atom is 0.0755 e. The Morgan fingerprint density at radius 2 is 1.52 bits per heavy atom. The van der Waals surface area contributed by atoms with Gasteiger partial charge in [-0.05, 0) is 49.2 Å². The first-order valence-electron chi connectivity index (χ1n) is 9.63. The van der Waals surface area contributed by atoms with Crippen LogP contribution in [0.4, 0.5) is 11.4 Å². The second kappa shape index (κ2) is 5.35. The summed E-state index contributed by atoms with van der Waals surface area (Å²) in [7, 11) is 0. The first-order chi connectivity index (χ1) is 12.9. The number of hydrogen-bond donors (Lipinski definition) is 2. The molecule has 0 bridgehead atoms. The summed E-state index contributed by atoms with van der Waals surface area (Å²) in [6, 6.07) is 21.7. The van der Waals surface area contributed by atoms with Gasteiger partial charge in [-0.3, -0.25) is 4.99 Å². The number of rotatable bonds is 2. The molecule has 0 saturated carbocycles. The van der Waals surface area contributed by atoms with Crippen LogP contribution in [0.15, 0.2) is 65.7 Å². The van der Waals surface area contributed by atoms with E-state index in [-0.39, 0.29) is 16.9 Å². The highest BCUT2D eigenvalue weighted by molar-refractivity contribution is 6.11. The molecular formula is C24H25N3. The third-order valence-corrected chi connectivity index (χ3v) is 6.32. The van der Waals surface area contributed by atoms with Gasteiger partial charge in [0.05, 0.1) is 23.1 Å². The quantitative estimate of drug-likeness (QED) is 0.593. The molecule has 1 unspecified atom stereocenters. The zero-order valence-corrected chi connectivity index (χ0v) is 16.3. The molecule has 3 aromatic rings. The predicted molar refractivity (Wildman–Crippen MR) is 112 cm³/mol. The minimum Gasteiger partial charge on any atom is -0.376 e. The van der Waals surface area contributed by atoms with Gasteiger partial charge in [0.2, 0.25) is 0 Å². The summed E-state index contributed by atoms with van der Waals surface area (Å²) >= 11 is 0. The molecule has 1 atom stereocenters. The Bertz CT molecular complexity index is 1070. The van der Waals surface area contributed by atoms with Crippen LogP contribution in [0.5, 0.6) is 0 Å². The third kappa shape index (κ3) is 2.24. The Kier molecular flexibility index (Phi) is 3.24. The van der Waals surface area contributed by atoms with Crippen LogP contribution in [-0.4, -0.2) is 10.7 Å². The summed E-state index contributed by atoms with van der Waals surface area (Å²) in [6.45, 7) is 9.13. The van der Waals surface area contributed by atoms with E-state index in [4.69, 9.17) is 4.99 Å². The molecule has 2 aliphatic rings. The zero-order valence-electron chi connectivity index (χ0n) is 16.3. The Labute approximate surface area is 160 Å². The molecule has 136 valence electrons. The highest BCUT2D eigenvalue weighted by Crippen LogP contribution is 2.48. The summed E-state index contributed by atoms with van der Waals surface area (Å²) in [4.78, 5) is 8.64.